The molecule has 0 aliphatic carbocycles. The number of nitrogens with zero attached hydrogens (tertiary/aromatic N) is 2. The number of pyridine rings is 1. The monoisotopic (exact) mass is 272 g/mol. The predicted molar refractivity (Wildman–Crippen MR) is 70.3 cm³/mol. The van der Waals surface area contributed by atoms with Crippen LogP contribution in [-0.2, 0) is 0 Å². The minimum atomic E-state index is -0.971. The van der Waals surface area contributed by atoms with Gasteiger partial charge in [0.1, 0.15) is 16.5 Å². The van der Waals surface area contributed by atoms with Crippen LogP contribution in [0.15, 0.2) is 12.1 Å². The molecule has 0 aromatic carbocycles. The minimum Gasteiger partial charge on any atom is -0.478 e. The number of hydrogen-bond donors (Lipinski definition) is 1. The molecule has 2 rings (SSSR count). The third-order valence-corrected chi connectivity index (χ3v) is 4.21. The third kappa shape index (κ3) is 2.66. The zero-order valence-electron chi connectivity index (χ0n) is 9.39. The molecule has 1 aliphatic heterocycles. The smallest absolute Gasteiger partial charge is 0.339 e. The highest BCUT2D eigenvalue weighted by molar-refractivity contribution is 7.99. The summed E-state index contributed by atoms with van der Waals surface area (Å²) >= 11 is 7.71. The van der Waals surface area contributed by atoms with E-state index in [-0.39, 0.29) is 5.56 Å². The molecule has 1 saturated heterocycles. The van der Waals surface area contributed by atoms with Crippen molar-refractivity contribution in [1.82, 2.24) is 4.98 Å². The first kappa shape index (κ1) is 12.5. The topological polar surface area (TPSA) is 53.4 Å². The highest BCUT2D eigenvalue weighted by Crippen LogP contribution is 2.28. The summed E-state index contributed by atoms with van der Waals surface area (Å²) in [7, 11) is 1.88. The van der Waals surface area contributed by atoms with Crippen molar-refractivity contribution >= 4 is 35.1 Å². The molecular formula is C11H13ClN2O2S. The summed E-state index contributed by atoms with van der Waals surface area (Å²) in [5, 5.41) is 9.46. The molecule has 0 bridgehead atoms. The van der Waals surface area contributed by atoms with E-state index >= 15 is 0 Å². The lowest BCUT2D eigenvalue weighted by Gasteiger charge is -2.26. The van der Waals surface area contributed by atoms with Crippen molar-refractivity contribution in [3.63, 3.8) is 0 Å². The Morgan fingerprint density at radius 1 is 1.65 bits per heavy atom. The molecule has 1 aromatic heterocycles. The Bertz CT molecular complexity index is 435. The van der Waals surface area contributed by atoms with E-state index in [2.05, 4.69) is 4.98 Å². The maximum Gasteiger partial charge on any atom is 0.339 e. The van der Waals surface area contributed by atoms with Crippen molar-refractivity contribution in [3.05, 3.63) is 22.8 Å². The van der Waals surface area contributed by atoms with Gasteiger partial charge in [-0.05, 0) is 24.3 Å². The van der Waals surface area contributed by atoms with E-state index in [0.29, 0.717) is 17.0 Å². The molecule has 17 heavy (non-hydrogen) atoms. The number of halogens is 1. The number of aromatic carboxylic acids is 1. The molecule has 2 heterocycles. The first-order valence-electron chi connectivity index (χ1n) is 5.30. The van der Waals surface area contributed by atoms with Crippen LogP contribution in [0.3, 0.4) is 0 Å². The second kappa shape index (κ2) is 5.14. The van der Waals surface area contributed by atoms with E-state index in [9.17, 15) is 4.79 Å². The number of anilines is 1. The van der Waals surface area contributed by atoms with Crippen LogP contribution < -0.4 is 4.90 Å². The second-order valence-corrected chi connectivity index (χ2v) is 5.48. The maximum atomic E-state index is 11.1. The SMILES string of the molecule is CN(c1nc(Cl)ccc1C(=O)O)C1CCSC1. The van der Waals surface area contributed by atoms with E-state index < -0.39 is 5.97 Å². The van der Waals surface area contributed by atoms with Gasteiger partial charge in [0, 0.05) is 18.8 Å². The van der Waals surface area contributed by atoms with Crippen LogP contribution in [0.25, 0.3) is 0 Å². The van der Waals surface area contributed by atoms with Gasteiger partial charge >= 0.3 is 5.97 Å². The zero-order chi connectivity index (χ0) is 12.4. The fraction of sp³-hybridized carbons (Fsp3) is 0.455. The lowest BCUT2D eigenvalue weighted by molar-refractivity contribution is 0.0697. The van der Waals surface area contributed by atoms with E-state index in [1.807, 2.05) is 23.7 Å². The normalized spacial score (nSPS) is 19.3. The van der Waals surface area contributed by atoms with Crippen LogP contribution in [0.2, 0.25) is 5.15 Å². The largest absolute Gasteiger partial charge is 0.478 e. The molecule has 0 amide bonds. The molecule has 0 spiro atoms. The number of aromatic nitrogens is 1. The van der Waals surface area contributed by atoms with Crippen molar-refractivity contribution < 1.29 is 9.90 Å². The van der Waals surface area contributed by atoms with E-state index in [4.69, 9.17) is 16.7 Å². The van der Waals surface area contributed by atoms with Crippen molar-refractivity contribution in [3.8, 4) is 0 Å². The number of carboxylic acids is 1. The van der Waals surface area contributed by atoms with Gasteiger partial charge in [0.15, 0.2) is 0 Å². The van der Waals surface area contributed by atoms with E-state index in [0.717, 1.165) is 17.9 Å². The highest BCUT2D eigenvalue weighted by Gasteiger charge is 2.24. The maximum absolute atomic E-state index is 11.1. The van der Waals surface area contributed by atoms with Gasteiger partial charge in [-0.1, -0.05) is 11.6 Å². The molecule has 4 nitrogen and oxygen atoms in total. The Kier molecular flexibility index (Phi) is 3.79. The fourth-order valence-electron chi connectivity index (χ4n) is 1.86. The van der Waals surface area contributed by atoms with Gasteiger partial charge in [-0.25, -0.2) is 9.78 Å². The summed E-state index contributed by atoms with van der Waals surface area (Å²) in [5.41, 5.74) is 0.203. The molecule has 1 unspecified atom stereocenters. The van der Waals surface area contributed by atoms with Gasteiger partial charge in [0.25, 0.3) is 0 Å². The lowest BCUT2D eigenvalue weighted by Crippen LogP contribution is -2.33. The molecule has 1 aliphatic rings. The molecule has 1 aromatic rings. The van der Waals surface area contributed by atoms with Crippen LogP contribution in [0.1, 0.15) is 16.8 Å². The number of carboxylic acid groups (broad SMARTS) is 1. The summed E-state index contributed by atoms with van der Waals surface area (Å²) in [5.74, 6) is 1.60. The van der Waals surface area contributed by atoms with Crippen molar-refractivity contribution in [1.29, 1.82) is 0 Å². The number of rotatable bonds is 3. The Labute approximate surface area is 109 Å². The van der Waals surface area contributed by atoms with Gasteiger partial charge in [0.2, 0.25) is 0 Å². The van der Waals surface area contributed by atoms with Gasteiger partial charge in [-0.3, -0.25) is 0 Å². The summed E-state index contributed by atoms with van der Waals surface area (Å²) in [6.07, 6.45) is 1.05. The first-order valence-corrected chi connectivity index (χ1v) is 6.83. The first-order chi connectivity index (χ1) is 8.09. The highest BCUT2D eigenvalue weighted by atomic mass is 35.5. The minimum absolute atomic E-state index is 0.203. The van der Waals surface area contributed by atoms with Crippen LogP contribution in [0, 0.1) is 0 Å². The fourth-order valence-corrected chi connectivity index (χ4v) is 3.27. The average Bonchev–Trinajstić information content (AvgIpc) is 2.80. The Morgan fingerprint density at radius 2 is 2.41 bits per heavy atom. The molecule has 1 N–H and O–H groups in total. The average molecular weight is 273 g/mol. The molecule has 0 radical (unpaired) electrons. The van der Waals surface area contributed by atoms with E-state index in [1.165, 1.54) is 12.1 Å². The van der Waals surface area contributed by atoms with Crippen molar-refractivity contribution in [2.75, 3.05) is 23.5 Å². The Hall–Kier alpha value is -0.940. The summed E-state index contributed by atoms with van der Waals surface area (Å²) in [4.78, 5) is 17.2. The van der Waals surface area contributed by atoms with Gasteiger partial charge in [-0.2, -0.15) is 11.8 Å². The lowest BCUT2D eigenvalue weighted by atomic mass is 10.2. The van der Waals surface area contributed by atoms with Gasteiger partial charge in [-0.15, -0.1) is 0 Å². The number of thioether (sulfide) groups is 1. The standard InChI is InChI=1S/C11H13ClN2O2S/c1-14(7-4-5-17-6-7)10-8(11(15)16)2-3-9(12)13-10/h2-3,7H,4-6H2,1H3,(H,15,16). The predicted octanol–water partition coefficient (Wildman–Crippen LogP) is 2.37. The van der Waals surface area contributed by atoms with Crippen LogP contribution >= 0.6 is 23.4 Å². The summed E-state index contributed by atoms with van der Waals surface area (Å²) in [6.45, 7) is 0. The molecule has 92 valence electrons. The number of carbonyl (C=O) groups is 1. The number of hydrogen-bond acceptors (Lipinski definition) is 4. The van der Waals surface area contributed by atoms with Gasteiger partial charge < -0.3 is 10.0 Å². The van der Waals surface area contributed by atoms with Crippen LogP contribution in [0.4, 0.5) is 5.82 Å². The molecule has 1 fully saturated rings. The van der Waals surface area contributed by atoms with Crippen molar-refractivity contribution in [2.45, 2.75) is 12.5 Å². The quantitative estimate of drug-likeness (QED) is 0.856. The van der Waals surface area contributed by atoms with E-state index in [1.54, 1.807) is 0 Å². The van der Waals surface area contributed by atoms with Crippen molar-refractivity contribution in [2.24, 2.45) is 0 Å². The Balaban J connectivity index is 2.34. The molecule has 6 heteroatoms. The molecule has 1 atom stereocenters. The molecular weight excluding hydrogens is 260 g/mol. The van der Waals surface area contributed by atoms with Gasteiger partial charge in [0.05, 0.1) is 0 Å². The zero-order valence-corrected chi connectivity index (χ0v) is 11.0. The summed E-state index contributed by atoms with van der Waals surface area (Å²) in [6, 6.07) is 3.35. The summed E-state index contributed by atoms with van der Waals surface area (Å²) < 4.78 is 0. The van der Waals surface area contributed by atoms with Crippen LogP contribution in [0.5, 0.6) is 0 Å². The Morgan fingerprint density at radius 3 is 3.00 bits per heavy atom. The third-order valence-electron chi connectivity index (χ3n) is 2.86. The second-order valence-electron chi connectivity index (χ2n) is 3.94. The van der Waals surface area contributed by atoms with Crippen LogP contribution in [-0.4, -0.2) is 40.7 Å². The molecule has 0 saturated carbocycles.